The third-order valence-corrected chi connectivity index (χ3v) is 4.22. The van der Waals surface area contributed by atoms with Crippen LogP contribution in [-0.2, 0) is 17.8 Å². The highest BCUT2D eigenvalue weighted by Gasteiger charge is 2.51. The molecule has 0 unspecified atom stereocenters. The Morgan fingerprint density at radius 2 is 2.05 bits per heavy atom. The molecule has 0 radical (unpaired) electrons. The number of rotatable bonds is 2. The van der Waals surface area contributed by atoms with Gasteiger partial charge in [0.15, 0.2) is 5.82 Å². The molecule has 21 heavy (non-hydrogen) atoms. The molecule has 0 spiro atoms. The summed E-state index contributed by atoms with van der Waals surface area (Å²) in [4.78, 5) is 12.2. The van der Waals surface area contributed by atoms with E-state index in [1.165, 1.54) is 17.8 Å². The van der Waals surface area contributed by atoms with E-state index in [0.717, 1.165) is 6.07 Å². The lowest BCUT2D eigenvalue weighted by Gasteiger charge is -2.30. The summed E-state index contributed by atoms with van der Waals surface area (Å²) in [6.45, 7) is -1.11. The molecule has 0 bridgehead atoms. The minimum atomic E-state index is -3.84. The zero-order valence-corrected chi connectivity index (χ0v) is 12.7. The first kappa shape index (κ1) is 14.5. The summed E-state index contributed by atoms with van der Waals surface area (Å²) in [5, 5.41) is 4.03. The van der Waals surface area contributed by atoms with Gasteiger partial charge in [-0.05, 0) is 28.7 Å². The van der Waals surface area contributed by atoms with E-state index in [-0.39, 0.29) is 11.2 Å². The number of hydrogen-bond donors (Lipinski definition) is 0. The highest BCUT2D eigenvalue weighted by Crippen LogP contribution is 2.45. The maximum atomic E-state index is 14.2. The van der Waals surface area contributed by atoms with Gasteiger partial charge in [0.05, 0.1) is 17.4 Å². The second-order valence-corrected chi connectivity index (χ2v) is 5.81. The Labute approximate surface area is 129 Å². The SMILES string of the molecule is Cn1nc2c3c(ccc(I)c31)C(F)(F)C(=O)N2CC(F)F. The molecular weight excluding hydrogens is 405 g/mol. The number of alkyl halides is 4. The van der Waals surface area contributed by atoms with Gasteiger partial charge in [0.1, 0.15) is 0 Å². The molecule has 0 atom stereocenters. The lowest BCUT2D eigenvalue weighted by Crippen LogP contribution is -2.47. The van der Waals surface area contributed by atoms with Gasteiger partial charge in [0.2, 0.25) is 0 Å². The number of amides is 1. The summed E-state index contributed by atoms with van der Waals surface area (Å²) in [7, 11) is 1.52. The Balaban J connectivity index is 2.38. The van der Waals surface area contributed by atoms with Gasteiger partial charge in [0.25, 0.3) is 6.43 Å². The molecule has 2 aromatic rings. The Morgan fingerprint density at radius 3 is 2.67 bits per heavy atom. The summed E-state index contributed by atoms with van der Waals surface area (Å²) >= 11 is 1.95. The van der Waals surface area contributed by atoms with Crippen molar-refractivity contribution in [3.8, 4) is 0 Å². The van der Waals surface area contributed by atoms with Crippen LogP contribution in [0.15, 0.2) is 12.1 Å². The second-order valence-electron chi connectivity index (χ2n) is 4.65. The maximum Gasteiger partial charge on any atom is 0.351 e. The number of aromatic nitrogens is 2. The van der Waals surface area contributed by atoms with Crippen LogP contribution in [0.3, 0.4) is 0 Å². The van der Waals surface area contributed by atoms with E-state index in [1.54, 1.807) is 0 Å². The van der Waals surface area contributed by atoms with Crippen molar-refractivity contribution in [2.24, 2.45) is 7.05 Å². The van der Waals surface area contributed by atoms with Crippen LogP contribution in [0.4, 0.5) is 23.4 Å². The summed E-state index contributed by atoms with van der Waals surface area (Å²) in [6.07, 6.45) is -2.92. The van der Waals surface area contributed by atoms with Crippen molar-refractivity contribution in [3.63, 3.8) is 0 Å². The predicted molar refractivity (Wildman–Crippen MR) is 75.7 cm³/mol. The van der Waals surface area contributed by atoms with E-state index < -0.39 is 30.4 Å². The van der Waals surface area contributed by atoms with Crippen LogP contribution in [0.2, 0.25) is 0 Å². The zero-order chi connectivity index (χ0) is 15.5. The molecule has 112 valence electrons. The molecule has 3 rings (SSSR count). The molecule has 9 heteroatoms. The molecule has 1 aromatic carbocycles. The van der Waals surface area contributed by atoms with Crippen LogP contribution >= 0.6 is 22.6 Å². The Hall–Kier alpha value is -1.39. The van der Waals surface area contributed by atoms with E-state index in [9.17, 15) is 22.4 Å². The molecule has 1 aliphatic rings. The summed E-state index contributed by atoms with van der Waals surface area (Å²) < 4.78 is 55.6. The van der Waals surface area contributed by atoms with Crippen molar-refractivity contribution in [2.45, 2.75) is 12.3 Å². The molecule has 1 aromatic heterocycles. The molecule has 0 N–H and O–H groups in total. The number of anilines is 1. The van der Waals surface area contributed by atoms with Gasteiger partial charge >= 0.3 is 11.8 Å². The minimum absolute atomic E-state index is 0.0506. The third kappa shape index (κ3) is 1.93. The third-order valence-electron chi connectivity index (χ3n) is 3.35. The monoisotopic (exact) mass is 413 g/mol. The van der Waals surface area contributed by atoms with E-state index >= 15 is 0 Å². The van der Waals surface area contributed by atoms with Gasteiger partial charge in [-0.2, -0.15) is 13.9 Å². The van der Waals surface area contributed by atoms with Gasteiger partial charge in [0, 0.05) is 16.2 Å². The van der Waals surface area contributed by atoms with Crippen LogP contribution in [0, 0.1) is 3.57 Å². The molecule has 0 saturated heterocycles. The Bertz CT molecular complexity index is 759. The van der Waals surface area contributed by atoms with Crippen LogP contribution in [0.25, 0.3) is 10.9 Å². The fourth-order valence-electron chi connectivity index (χ4n) is 2.49. The molecule has 0 aliphatic carbocycles. The average Bonchev–Trinajstić information content (AvgIpc) is 2.72. The number of nitrogens with zero attached hydrogens (tertiary/aromatic N) is 3. The topological polar surface area (TPSA) is 38.1 Å². The van der Waals surface area contributed by atoms with Gasteiger partial charge in [-0.15, -0.1) is 0 Å². The zero-order valence-electron chi connectivity index (χ0n) is 10.6. The van der Waals surface area contributed by atoms with Crippen LogP contribution in [0.5, 0.6) is 0 Å². The summed E-state index contributed by atoms with van der Waals surface area (Å²) in [5.74, 6) is -5.65. The summed E-state index contributed by atoms with van der Waals surface area (Å²) in [5.41, 5.74) is -0.0916. The van der Waals surface area contributed by atoms with E-state index in [2.05, 4.69) is 5.10 Å². The maximum absolute atomic E-state index is 14.2. The largest absolute Gasteiger partial charge is 0.351 e. The number of hydrogen-bond acceptors (Lipinski definition) is 2. The number of carbonyl (C=O) groups excluding carboxylic acids is 1. The first-order chi connectivity index (χ1) is 9.75. The molecule has 1 amide bonds. The first-order valence-corrected chi connectivity index (χ1v) is 6.96. The van der Waals surface area contributed by atoms with Crippen molar-refractivity contribution in [2.75, 3.05) is 11.4 Å². The van der Waals surface area contributed by atoms with Crippen molar-refractivity contribution in [3.05, 3.63) is 21.3 Å². The van der Waals surface area contributed by atoms with Crippen molar-refractivity contribution in [1.29, 1.82) is 0 Å². The average molecular weight is 413 g/mol. The van der Waals surface area contributed by atoms with Gasteiger partial charge in [-0.3, -0.25) is 14.4 Å². The molecular formula is C12H8F4IN3O. The fraction of sp³-hybridized carbons (Fsp3) is 0.333. The summed E-state index contributed by atoms with van der Waals surface area (Å²) in [6, 6.07) is 2.60. The van der Waals surface area contributed by atoms with Gasteiger partial charge in [-0.25, -0.2) is 8.78 Å². The fourth-order valence-corrected chi connectivity index (χ4v) is 3.29. The molecule has 1 aliphatic heterocycles. The van der Waals surface area contributed by atoms with Crippen molar-refractivity contribution < 1.29 is 22.4 Å². The van der Waals surface area contributed by atoms with Gasteiger partial charge in [-0.1, -0.05) is 6.07 Å². The van der Waals surface area contributed by atoms with Crippen LogP contribution in [0.1, 0.15) is 5.56 Å². The highest BCUT2D eigenvalue weighted by atomic mass is 127. The van der Waals surface area contributed by atoms with Gasteiger partial charge < -0.3 is 0 Å². The molecule has 4 nitrogen and oxygen atoms in total. The predicted octanol–water partition coefficient (Wildman–Crippen LogP) is 2.88. The Kier molecular flexibility index (Phi) is 3.15. The quantitative estimate of drug-likeness (QED) is 0.561. The minimum Gasteiger partial charge on any atom is -0.283 e. The first-order valence-electron chi connectivity index (χ1n) is 5.88. The second kappa shape index (κ2) is 4.55. The van der Waals surface area contributed by atoms with E-state index in [1.807, 2.05) is 22.6 Å². The van der Waals surface area contributed by atoms with Crippen LogP contribution in [-0.4, -0.2) is 28.7 Å². The molecule has 0 fully saturated rings. The highest BCUT2D eigenvalue weighted by molar-refractivity contribution is 14.1. The standard InChI is InChI=1S/C12H8F4IN3O/c1-19-9-6(17)3-2-5-8(9)10(18-19)20(4-7(13)14)11(21)12(5,15)16/h2-3,7H,4H2,1H3. The lowest BCUT2D eigenvalue weighted by molar-refractivity contribution is -0.144. The lowest BCUT2D eigenvalue weighted by atomic mass is 9.98. The molecule has 0 saturated carbocycles. The number of benzene rings is 1. The van der Waals surface area contributed by atoms with E-state index in [4.69, 9.17) is 0 Å². The number of carbonyl (C=O) groups is 1. The normalized spacial score (nSPS) is 17.1. The Morgan fingerprint density at radius 1 is 1.38 bits per heavy atom. The van der Waals surface area contributed by atoms with Crippen molar-refractivity contribution in [1.82, 2.24) is 9.78 Å². The van der Waals surface area contributed by atoms with Crippen molar-refractivity contribution >= 4 is 45.2 Å². The van der Waals surface area contributed by atoms with E-state index in [0.29, 0.717) is 14.0 Å². The molecule has 2 heterocycles. The number of aryl methyl sites for hydroxylation is 1. The van der Waals surface area contributed by atoms with Crippen LogP contribution < -0.4 is 4.90 Å². The number of halogens is 5. The smallest absolute Gasteiger partial charge is 0.283 e.